The summed E-state index contributed by atoms with van der Waals surface area (Å²) in [4.78, 5) is 21.1. The predicted octanol–water partition coefficient (Wildman–Crippen LogP) is 2.34. The van der Waals surface area contributed by atoms with E-state index in [0.717, 1.165) is 56.7 Å². The van der Waals surface area contributed by atoms with E-state index in [9.17, 15) is 4.79 Å². The zero-order chi connectivity index (χ0) is 23.5. The van der Waals surface area contributed by atoms with E-state index in [1.165, 1.54) is 0 Å². The Bertz CT molecular complexity index is 1030. The minimum Gasteiger partial charge on any atom is -0.476 e. The van der Waals surface area contributed by atoms with Gasteiger partial charge in [0.2, 0.25) is 5.88 Å². The first-order valence-electron chi connectivity index (χ1n) is 12.1. The van der Waals surface area contributed by atoms with Crippen LogP contribution in [0.1, 0.15) is 46.0 Å². The third kappa shape index (κ3) is 5.41. The van der Waals surface area contributed by atoms with Gasteiger partial charge in [0.15, 0.2) is 5.82 Å². The molecule has 4 atom stereocenters. The molecule has 2 saturated heterocycles. The molecule has 3 N–H and O–H groups in total. The molecule has 4 heterocycles. The monoisotopic (exact) mass is 471 g/mol. The topological polar surface area (TPSA) is 123 Å². The van der Waals surface area contributed by atoms with Gasteiger partial charge in [0.25, 0.3) is 0 Å². The van der Waals surface area contributed by atoms with Gasteiger partial charge in [-0.05, 0) is 45.4 Å². The lowest BCUT2D eigenvalue weighted by Gasteiger charge is -2.18. The second-order valence-corrected chi connectivity index (χ2v) is 9.64. The summed E-state index contributed by atoms with van der Waals surface area (Å²) in [5.41, 5.74) is 7.36. The third-order valence-corrected chi connectivity index (χ3v) is 6.57. The van der Waals surface area contributed by atoms with Gasteiger partial charge in [-0.15, -0.1) is 5.10 Å². The van der Waals surface area contributed by atoms with Gasteiger partial charge in [0.05, 0.1) is 13.2 Å². The fraction of sp³-hybridized carbons (Fsp3) is 0.652. The van der Waals surface area contributed by atoms with Crippen LogP contribution in [0.4, 0.5) is 10.6 Å². The molecule has 2 aromatic heterocycles. The Morgan fingerprint density at radius 2 is 2.29 bits per heavy atom. The first-order valence-corrected chi connectivity index (χ1v) is 12.1. The van der Waals surface area contributed by atoms with Crippen molar-refractivity contribution in [2.24, 2.45) is 16.8 Å². The first kappa shape index (κ1) is 22.9. The molecular weight excluding hydrogens is 438 g/mol. The zero-order valence-electron chi connectivity index (χ0n) is 19.7. The highest BCUT2D eigenvalue weighted by Crippen LogP contribution is 2.33. The maximum Gasteiger partial charge on any atom is 0.407 e. The standard InChI is InChI=1S/C23H33N7O4/c1-14(2)25-23(31)34-17-4-3-16(9-17)18-10-20(28-27-18)26-22-19-11-21(29-30(19)7-6-24-22)33-13-15-5-8-32-12-15/h6-7,11,14-18,27H,3-5,8-10,12-13H2,1-2H3,(H,25,31)(H,24,26,28)/t15?,16-,17+,18?/m0/s1. The molecule has 11 heteroatoms. The highest BCUT2D eigenvalue weighted by atomic mass is 16.6. The largest absolute Gasteiger partial charge is 0.476 e. The summed E-state index contributed by atoms with van der Waals surface area (Å²) >= 11 is 0. The Kier molecular flexibility index (Phi) is 6.82. The van der Waals surface area contributed by atoms with Crippen molar-refractivity contribution in [3.05, 3.63) is 18.5 Å². The van der Waals surface area contributed by atoms with Crippen molar-refractivity contribution in [3.8, 4) is 5.88 Å². The molecule has 1 aliphatic carbocycles. The average Bonchev–Trinajstić information content (AvgIpc) is 3.58. The molecule has 3 aliphatic rings. The summed E-state index contributed by atoms with van der Waals surface area (Å²) in [5, 5.41) is 7.29. The van der Waals surface area contributed by atoms with Crippen LogP contribution in [0.15, 0.2) is 23.5 Å². The van der Waals surface area contributed by atoms with Crippen molar-refractivity contribution in [1.82, 2.24) is 30.8 Å². The maximum absolute atomic E-state index is 11.9. The number of nitrogens with one attached hydrogen (secondary N) is 3. The highest BCUT2D eigenvalue weighted by molar-refractivity contribution is 5.88. The Balaban J connectivity index is 1.18. The lowest BCUT2D eigenvalue weighted by Crippen LogP contribution is -2.36. The van der Waals surface area contributed by atoms with Gasteiger partial charge in [0, 0.05) is 49.5 Å². The fourth-order valence-electron chi connectivity index (χ4n) is 4.80. The van der Waals surface area contributed by atoms with Crippen molar-refractivity contribution in [2.45, 2.75) is 64.1 Å². The Labute approximate surface area is 198 Å². The van der Waals surface area contributed by atoms with Gasteiger partial charge in [-0.1, -0.05) is 0 Å². The molecule has 184 valence electrons. The number of nitrogens with zero attached hydrogens (tertiary/aromatic N) is 4. The third-order valence-electron chi connectivity index (χ3n) is 6.57. The Morgan fingerprint density at radius 1 is 1.38 bits per heavy atom. The van der Waals surface area contributed by atoms with Crippen LogP contribution >= 0.6 is 0 Å². The van der Waals surface area contributed by atoms with Gasteiger partial charge in [0.1, 0.15) is 17.5 Å². The number of amidine groups is 1. The minimum atomic E-state index is -0.333. The van der Waals surface area contributed by atoms with E-state index in [1.807, 2.05) is 19.9 Å². The van der Waals surface area contributed by atoms with Crippen LogP contribution in [0.25, 0.3) is 5.52 Å². The SMILES string of the molecule is CC(C)NC(=O)O[C@@H]1CC[C@H](C2CC(=Nc3nccn4nc(OCC5CCOC5)cc34)NN2)C1. The van der Waals surface area contributed by atoms with Crippen molar-refractivity contribution >= 4 is 23.3 Å². The molecule has 1 amide bonds. The van der Waals surface area contributed by atoms with E-state index in [4.69, 9.17) is 19.2 Å². The minimum absolute atomic E-state index is 0.0389. The number of carbonyl (C=O) groups excluding carboxylic acids is 1. The van der Waals surface area contributed by atoms with E-state index < -0.39 is 0 Å². The number of amides is 1. The summed E-state index contributed by atoms with van der Waals surface area (Å²) in [5.74, 6) is 2.82. The summed E-state index contributed by atoms with van der Waals surface area (Å²) in [6.07, 6.45) is 7.63. The van der Waals surface area contributed by atoms with Crippen LogP contribution in [0, 0.1) is 11.8 Å². The molecule has 1 saturated carbocycles. The molecular formula is C23H33N7O4. The highest BCUT2D eigenvalue weighted by Gasteiger charge is 2.36. The molecule has 2 aromatic rings. The van der Waals surface area contributed by atoms with Gasteiger partial charge in [-0.25, -0.2) is 24.7 Å². The van der Waals surface area contributed by atoms with Crippen LogP contribution in [-0.2, 0) is 9.47 Å². The summed E-state index contributed by atoms with van der Waals surface area (Å²) in [7, 11) is 0. The summed E-state index contributed by atoms with van der Waals surface area (Å²) in [6, 6.07) is 2.18. The van der Waals surface area contributed by atoms with Crippen molar-refractivity contribution in [1.29, 1.82) is 0 Å². The van der Waals surface area contributed by atoms with Crippen LogP contribution in [-0.4, -0.2) is 64.5 Å². The van der Waals surface area contributed by atoms with Crippen LogP contribution in [0.3, 0.4) is 0 Å². The van der Waals surface area contributed by atoms with E-state index in [-0.39, 0.29) is 24.3 Å². The van der Waals surface area contributed by atoms with E-state index >= 15 is 0 Å². The molecule has 34 heavy (non-hydrogen) atoms. The van der Waals surface area contributed by atoms with Crippen molar-refractivity contribution < 1.29 is 19.0 Å². The van der Waals surface area contributed by atoms with Crippen LogP contribution in [0.5, 0.6) is 5.88 Å². The first-order chi connectivity index (χ1) is 16.5. The molecule has 0 aromatic carbocycles. The number of fused-ring (bicyclic) bond motifs is 1. The van der Waals surface area contributed by atoms with Crippen LogP contribution in [0.2, 0.25) is 0 Å². The maximum atomic E-state index is 11.9. The van der Waals surface area contributed by atoms with E-state index in [1.54, 1.807) is 16.9 Å². The van der Waals surface area contributed by atoms with Gasteiger partial charge in [-0.3, -0.25) is 0 Å². The number of hydrogen-bond donors (Lipinski definition) is 3. The predicted molar refractivity (Wildman–Crippen MR) is 125 cm³/mol. The Morgan fingerprint density at radius 3 is 3.12 bits per heavy atom. The second-order valence-electron chi connectivity index (χ2n) is 9.64. The molecule has 0 bridgehead atoms. The smallest absolute Gasteiger partial charge is 0.407 e. The van der Waals surface area contributed by atoms with E-state index in [0.29, 0.717) is 30.1 Å². The number of aromatic nitrogens is 3. The second kappa shape index (κ2) is 10.1. The van der Waals surface area contributed by atoms with Gasteiger partial charge < -0.3 is 25.0 Å². The normalized spacial score (nSPS) is 28.0. The van der Waals surface area contributed by atoms with Crippen molar-refractivity contribution in [2.75, 3.05) is 19.8 Å². The molecule has 2 aliphatic heterocycles. The molecule has 0 radical (unpaired) electrons. The number of alkyl carbamates (subject to hydrolysis) is 1. The fourth-order valence-corrected chi connectivity index (χ4v) is 4.80. The Hall–Kier alpha value is -2.92. The zero-order valence-corrected chi connectivity index (χ0v) is 19.7. The van der Waals surface area contributed by atoms with Gasteiger partial charge in [-0.2, -0.15) is 0 Å². The number of ether oxygens (including phenoxy) is 3. The molecule has 5 rings (SSSR count). The van der Waals surface area contributed by atoms with Crippen LogP contribution < -0.4 is 20.9 Å². The number of hydrazine groups is 1. The summed E-state index contributed by atoms with van der Waals surface area (Å²) < 4.78 is 18.6. The average molecular weight is 472 g/mol. The molecule has 11 nitrogen and oxygen atoms in total. The number of rotatable bonds is 7. The lowest BCUT2D eigenvalue weighted by atomic mass is 9.96. The summed E-state index contributed by atoms with van der Waals surface area (Å²) in [6.45, 7) is 5.99. The molecule has 2 unspecified atom stereocenters. The quantitative estimate of drug-likeness (QED) is 0.562. The van der Waals surface area contributed by atoms with E-state index in [2.05, 4.69) is 26.3 Å². The number of aliphatic imine (C=N–C) groups is 1. The van der Waals surface area contributed by atoms with Gasteiger partial charge >= 0.3 is 6.09 Å². The molecule has 3 fully saturated rings. The van der Waals surface area contributed by atoms with Crippen molar-refractivity contribution in [3.63, 3.8) is 0 Å². The lowest BCUT2D eigenvalue weighted by molar-refractivity contribution is 0.0956. The number of hydrogen-bond acceptors (Lipinski definition) is 8. The number of carbonyl (C=O) groups is 1. The molecule has 0 spiro atoms.